The van der Waals surface area contributed by atoms with Crippen LogP contribution in [0, 0.1) is 6.92 Å². The van der Waals surface area contributed by atoms with Gasteiger partial charge in [-0.2, -0.15) is 0 Å². The Kier molecular flexibility index (Phi) is 8.38. The van der Waals surface area contributed by atoms with E-state index >= 15 is 0 Å². The number of carbonyl (C=O) groups is 2. The first-order valence-corrected chi connectivity index (χ1v) is 7.30. The van der Waals surface area contributed by atoms with Crippen molar-refractivity contribution in [3.63, 3.8) is 0 Å². The maximum atomic E-state index is 11.6. The Balaban J connectivity index is 0.00000400. The second kappa shape index (κ2) is 8.91. The van der Waals surface area contributed by atoms with E-state index in [-0.39, 0.29) is 35.7 Å². The number of thioether (sulfide) groups is 1. The fourth-order valence-electron chi connectivity index (χ4n) is 1.31. The van der Waals surface area contributed by atoms with Gasteiger partial charge in [0.1, 0.15) is 5.76 Å². The fraction of sp³-hybridized carbons (Fsp3) is 0.583. The van der Waals surface area contributed by atoms with Crippen molar-refractivity contribution in [2.75, 3.05) is 23.4 Å². The third kappa shape index (κ3) is 7.93. The minimum absolute atomic E-state index is 0. The van der Waals surface area contributed by atoms with Gasteiger partial charge in [-0.3, -0.25) is 9.59 Å². The Labute approximate surface area is 134 Å². The molecule has 0 aliphatic carbocycles. The molecule has 0 aliphatic rings. The molecule has 4 N–H and O–H groups in total. The average Bonchev–Trinajstić information content (AvgIpc) is 2.74. The van der Waals surface area contributed by atoms with Crippen molar-refractivity contribution in [3.05, 3.63) is 11.8 Å². The number of anilines is 1. The molecule has 0 spiro atoms. The number of hydrogen-bond acceptors (Lipinski definition) is 6. The number of aryl methyl sites for hydroxylation is 1. The van der Waals surface area contributed by atoms with Crippen LogP contribution < -0.4 is 16.4 Å². The smallest absolute Gasteiger partial charge is 0.235 e. The Hall–Kier alpha value is -1.25. The van der Waals surface area contributed by atoms with E-state index in [1.807, 2.05) is 13.8 Å². The van der Waals surface area contributed by atoms with E-state index in [4.69, 9.17) is 10.3 Å². The van der Waals surface area contributed by atoms with Crippen molar-refractivity contribution in [1.82, 2.24) is 10.5 Å². The maximum Gasteiger partial charge on any atom is 0.235 e. The summed E-state index contributed by atoms with van der Waals surface area (Å²) in [6.07, 6.45) is 0. The fourth-order valence-corrected chi connectivity index (χ4v) is 1.92. The molecule has 7 nitrogen and oxygen atoms in total. The zero-order valence-corrected chi connectivity index (χ0v) is 13.9. The molecule has 1 aromatic heterocycles. The first kappa shape index (κ1) is 19.8. The third-order valence-electron chi connectivity index (χ3n) is 2.35. The lowest BCUT2D eigenvalue weighted by atomic mass is 10.1. The van der Waals surface area contributed by atoms with Crippen LogP contribution in [0.4, 0.5) is 5.82 Å². The molecule has 0 fully saturated rings. The molecule has 9 heteroatoms. The molecule has 0 saturated carbocycles. The van der Waals surface area contributed by atoms with Crippen molar-refractivity contribution < 1.29 is 14.1 Å². The monoisotopic (exact) mass is 336 g/mol. The van der Waals surface area contributed by atoms with Gasteiger partial charge in [-0.05, 0) is 20.8 Å². The van der Waals surface area contributed by atoms with E-state index in [0.717, 1.165) is 0 Å². The van der Waals surface area contributed by atoms with Crippen molar-refractivity contribution in [2.24, 2.45) is 5.73 Å². The van der Waals surface area contributed by atoms with E-state index in [0.29, 0.717) is 18.1 Å². The lowest BCUT2D eigenvalue weighted by molar-refractivity contribution is -0.120. The minimum Gasteiger partial charge on any atom is -0.360 e. The summed E-state index contributed by atoms with van der Waals surface area (Å²) >= 11 is 1.22. The van der Waals surface area contributed by atoms with Crippen molar-refractivity contribution in [1.29, 1.82) is 0 Å². The number of rotatable bonds is 7. The average molecular weight is 337 g/mol. The minimum atomic E-state index is -0.432. The highest BCUT2D eigenvalue weighted by molar-refractivity contribution is 8.00. The molecule has 0 unspecified atom stereocenters. The molecule has 1 heterocycles. The Morgan fingerprint density at radius 3 is 2.52 bits per heavy atom. The van der Waals surface area contributed by atoms with Gasteiger partial charge in [-0.1, -0.05) is 5.16 Å². The number of nitrogens with zero attached hydrogens (tertiary/aromatic N) is 1. The van der Waals surface area contributed by atoms with Crippen molar-refractivity contribution >= 4 is 41.8 Å². The lowest BCUT2D eigenvalue weighted by Gasteiger charge is -2.23. The Morgan fingerprint density at radius 2 is 2.00 bits per heavy atom. The molecular weight excluding hydrogens is 316 g/mol. The molecular formula is C12H21ClN4O3S. The van der Waals surface area contributed by atoms with Crippen LogP contribution in [-0.2, 0) is 9.59 Å². The van der Waals surface area contributed by atoms with Gasteiger partial charge in [0.05, 0.1) is 11.5 Å². The summed E-state index contributed by atoms with van der Waals surface area (Å²) in [7, 11) is 0. The predicted molar refractivity (Wildman–Crippen MR) is 85.7 cm³/mol. The molecule has 0 bridgehead atoms. The normalized spacial score (nSPS) is 10.7. The van der Waals surface area contributed by atoms with Crippen LogP contribution in [0.1, 0.15) is 19.6 Å². The number of amides is 2. The van der Waals surface area contributed by atoms with Crippen LogP contribution in [0.5, 0.6) is 0 Å². The topological polar surface area (TPSA) is 110 Å². The molecule has 21 heavy (non-hydrogen) atoms. The molecule has 2 amide bonds. The highest BCUT2D eigenvalue weighted by Crippen LogP contribution is 2.08. The number of carbonyl (C=O) groups excluding carboxylic acids is 2. The van der Waals surface area contributed by atoms with E-state index < -0.39 is 5.54 Å². The summed E-state index contributed by atoms with van der Waals surface area (Å²) in [5.41, 5.74) is 5.09. The Morgan fingerprint density at radius 1 is 1.38 bits per heavy atom. The van der Waals surface area contributed by atoms with E-state index in [1.54, 1.807) is 13.0 Å². The van der Waals surface area contributed by atoms with Gasteiger partial charge >= 0.3 is 0 Å². The van der Waals surface area contributed by atoms with Crippen LogP contribution >= 0.6 is 24.2 Å². The number of hydrogen-bond donors (Lipinski definition) is 3. The number of nitrogens with two attached hydrogens (primary N) is 1. The first-order chi connectivity index (χ1) is 9.32. The molecule has 1 aromatic rings. The zero-order chi connectivity index (χ0) is 15.2. The van der Waals surface area contributed by atoms with Crippen LogP contribution in [-0.4, -0.2) is 40.6 Å². The predicted octanol–water partition coefficient (Wildman–Crippen LogP) is 0.930. The second-order valence-corrected chi connectivity index (χ2v) is 5.99. The number of aromatic nitrogens is 1. The third-order valence-corrected chi connectivity index (χ3v) is 3.28. The molecule has 0 aromatic carbocycles. The largest absolute Gasteiger partial charge is 0.360 e. The number of nitrogens with one attached hydrogen (secondary N) is 2. The number of halogens is 1. The molecule has 0 radical (unpaired) electrons. The van der Waals surface area contributed by atoms with Crippen LogP contribution in [0.15, 0.2) is 10.6 Å². The van der Waals surface area contributed by atoms with Gasteiger partial charge < -0.3 is 20.9 Å². The maximum absolute atomic E-state index is 11.6. The highest BCUT2D eigenvalue weighted by Gasteiger charge is 2.18. The highest BCUT2D eigenvalue weighted by atomic mass is 35.5. The van der Waals surface area contributed by atoms with E-state index in [9.17, 15) is 9.59 Å². The van der Waals surface area contributed by atoms with Gasteiger partial charge in [-0.15, -0.1) is 24.2 Å². The molecule has 120 valence electrons. The van der Waals surface area contributed by atoms with Gasteiger partial charge in [0.25, 0.3) is 0 Å². The summed E-state index contributed by atoms with van der Waals surface area (Å²) in [4.78, 5) is 23.2. The van der Waals surface area contributed by atoms with Crippen LogP contribution in [0.25, 0.3) is 0 Å². The Bertz CT molecular complexity index is 479. The summed E-state index contributed by atoms with van der Waals surface area (Å²) in [5.74, 6) is 1.000. The summed E-state index contributed by atoms with van der Waals surface area (Å²) < 4.78 is 4.83. The SMILES string of the molecule is Cc1cc(NC(=O)CSCC(=O)NC(C)(C)CN)no1.Cl. The van der Waals surface area contributed by atoms with Crippen LogP contribution in [0.2, 0.25) is 0 Å². The first-order valence-electron chi connectivity index (χ1n) is 6.14. The standard InChI is InChI=1S/C12H20N4O3S.ClH/c1-8-4-9(16-19-8)14-10(17)5-20-6-11(18)15-12(2,3)7-13;/h4H,5-7,13H2,1-3H3,(H,15,18)(H,14,16,17);1H. The quantitative estimate of drug-likeness (QED) is 0.683. The van der Waals surface area contributed by atoms with Crippen molar-refractivity contribution in [3.8, 4) is 0 Å². The summed E-state index contributed by atoms with van der Waals surface area (Å²) in [6.45, 7) is 5.78. The lowest BCUT2D eigenvalue weighted by Crippen LogP contribution is -2.49. The van der Waals surface area contributed by atoms with E-state index in [2.05, 4.69) is 15.8 Å². The second-order valence-electron chi connectivity index (χ2n) is 5.00. The van der Waals surface area contributed by atoms with Gasteiger partial charge in [0, 0.05) is 18.2 Å². The molecule has 1 rings (SSSR count). The van der Waals surface area contributed by atoms with Crippen LogP contribution in [0.3, 0.4) is 0 Å². The van der Waals surface area contributed by atoms with Gasteiger partial charge in [-0.25, -0.2) is 0 Å². The van der Waals surface area contributed by atoms with Crippen molar-refractivity contribution in [2.45, 2.75) is 26.3 Å². The van der Waals surface area contributed by atoms with Gasteiger partial charge in [0.15, 0.2) is 5.82 Å². The zero-order valence-electron chi connectivity index (χ0n) is 12.3. The molecule has 0 aliphatic heterocycles. The van der Waals surface area contributed by atoms with Gasteiger partial charge in [0.2, 0.25) is 11.8 Å². The summed E-state index contributed by atoms with van der Waals surface area (Å²) in [6, 6.07) is 1.62. The molecule has 0 atom stereocenters. The van der Waals surface area contributed by atoms with E-state index in [1.165, 1.54) is 11.8 Å². The summed E-state index contributed by atoms with van der Waals surface area (Å²) in [5, 5.41) is 9.02. The molecule has 0 saturated heterocycles.